The number of nitrogens with one attached hydrogen (secondary N) is 1. The van der Waals surface area contributed by atoms with Crippen LogP contribution in [0.25, 0.3) is 0 Å². The third-order valence-electron chi connectivity index (χ3n) is 2.52. The summed E-state index contributed by atoms with van der Waals surface area (Å²) in [7, 11) is 0. The van der Waals surface area contributed by atoms with Gasteiger partial charge in [0, 0.05) is 18.0 Å². The SMILES string of the molecule is CC(=NNC(=O)c1ccccc1F)c1cccnc1. The first-order valence-corrected chi connectivity index (χ1v) is 5.68. The molecule has 1 aromatic carbocycles. The van der Waals surface area contributed by atoms with E-state index in [4.69, 9.17) is 0 Å². The van der Waals surface area contributed by atoms with Gasteiger partial charge in [0.2, 0.25) is 0 Å². The molecule has 19 heavy (non-hydrogen) atoms. The van der Waals surface area contributed by atoms with Crippen molar-refractivity contribution in [3.63, 3.8) is 0 Å². The molecule has 0 saturated heterocycles. The molecule has 0 aliphatic rings. The van der Waals surface area contributed by atoms with Gasteiger partial charge in [-0.25, -0.2) is 9.82 Å². The molecule has 2 aromatic rings. The summed E-state index contributed by atoms with van der Waals surface area (Å²) in [6.07, 6.45) is 3.28. The van der Waals surface area contributed by atoms with Gasteiger partial charge in [0.15, 0.2) is 0 Å². The van der Waals surface area contributed by atoms with Crippen LogP contribution in [0.3, 0.4) is 0 Å². The van der Waals surface area contributed by atoms with Crippen molar-refractivity contribution >= 4 is 11.6 Å². The summed E-state index contributed by atoms with van der Waals surface area (Å²) in [4.78, 5) is 15.7. The minimum absolute atomic E-state index is 0.0368. The fourth-order valence-corrected chi connectivity index (χ4v) is 1.48. The van der Waals surface area contributed by atoms with Crippen molar-refractivity contribution in [2.24, 2.45) is 5.10 Å². The molecule has 0 aliphatic heterocycles. The molecule has 1 aromatic heterocycles. The van der Waals surface area contributed by atoms with E-state index in [2.05, 4.69) is 15.5 Å². The van der Waals surface area contributed by atoms with Gasteiger partial charge in [-0.15, -0.1) is 0 Å². The summed E-state index contributed by atoms with van der Waals surface area (Å²) in [5.74, 6) is -1.16. The molecule has 1 N–H and O–H groups in total. The molecule has 0 fully saturated rings. The Bertz CT molecular complexity index is 611. The summed E-state index contributed by atoms with van der Waals surface area (Å²) in [5.41, 5.74) is 3.67. The van der Waals surface area contributed by atoms with Crippen LogP contribution in [-0.2, 0) is 0 Å². The van der Waals surface area contributed by atoms with Gasteiger partial charge in [0.1, 0.15) is 5.82 Å². The second-order valence-corrected chi connectivity index (χ2v) is 3.86. The normalized spacial score (nSPS) is 11.2. The molecule has 0 radical (unpaired) electrons. The van der Waals surface area contributed by atoms with Crippen molar-refractivity contribution in [3.8, 4) is 0 Å². The van der Waals surface area contributed by atoms with E-state index in [0.29, 0.717) is 5.71 Å². The molecule has 0 atom stereocenters. The van der Waals surface area contributed by atoms with Gasteiger partial charge < -0.3 is 0 Å². The van der Waals surface area contributed by atoms with Crippen LogP contribution in [0, 0.1) is 5.82 Å². The van der Waals surface area contributed by atoms with E-state index in [1.807, 2.05) is 6.07 Å². The van der Waals surface area contributed by atoms with E-state index in [1.165, 1.54) is 18.2 Å². The fraction of sp³-hybridized carbons (Fsp3) is 0.0714. The number of halogens is 1. The fourth-order valence-electron chi connectivity index (χ4n) is 1.48. The summed E-state index contributed by atoms with van der Waals surface area (Å²) in [6, 6.07) is 9.34. The number of hydrogen-bond acceptors (Lipinski definition) is 3. The van der Waals surface area contributed by atoms with Crippen LogP contribution in [0.4, 0.5) is 4.39 Å². The zero-order chi connectivity index (χ0) is 13.7. The first-order valence-electron chi connectivity index (χ1n) is 5.68. The van der Waals surface area contributed by atoms with Crippen molar-refractivity contribution in [1.82, 2.24) is 10.4 Å². The highest BCUT2D eigenvalue weighted by atomic mass is 19.1. The maximum atomic E-state index is 13.4. The minimum Gasteiger partial charge on any atom is -0.267 e. The highest BCUT2D eigenvalue weighted by Gasteiger charge is 2.09. The number of benzene rings is 1. The summed E-state index contributed by atoms with van der Waals surface area (Å²) >= 11 is 0. The van der Waals surface area contributed by atoms with E-state index < -0.39 is 11.7 Å². The average molecular weight is 257 g/mol. The van der Waals surface area contributed by atoms with Crippen LogP contribution >= 0.6 is 0 Å². The lowest BCUT2D eigenvalue weighted by Crippen LogP contribution is -2.20. The third kappa shape index (κ3) is 3.22. The number of aromatic nitrogens is 1. The lowest BCUT2D eigenvalue weighted by atomic mass is 10.2. The van der Waals surface area contributed by atoms with E-state index >= 15 is 0 Å². The zero-order valence-corrected chi connectivity index (χ0v) is 10.3. The topological polar surface area (TPSA) is 54.4 Å². The first kappa shape index (κ1) is 12.9. The number of pyridine rings is 1. The Balaban J connectivity index is 2.11. The highest BCUT2D eigenvalue weighted by molar-refractivity contribution is 6.00. The molecule has 0 bridgehead atoms. The predicted octanol–water partition coefficient (Wildman–Crippen LogP) is 2.37. The van der Waals surface area contributed by atoms with Crippen molar-refractivity contribution in [1.29, 1.82) is 0 Å². The Labute approximate surface area is 110 Å². The molecule has 0 unspecified atom stereocenters. The third-order valence-corrected chi connectivity index (χ3v) is 2.52. The molecular formula is C14H12FN3O. The van der Waals surface area contributed by atoms with Crippen LogP contribution in [0.1, 0.15) is 22.8 Å². The molecule has 4 nitrogen and oxygen atoms in total. The predicted molar refractivity (Wildman–Crippen MR) is 70.3 cm³/mol. The Hall–Kier alpha value is -2.56. The lowest BCUT2D eigenvalue weighted by molar-refractivity contribution is 0.0951. The van der Waals surface area contributed by atoms with Crippen molar-refractivity contribution in [2.45, 2.75) is 6.92 Å². The standard InChI is InChI=1S/C14H12FN3O/c1-10(11-5-4-8-16-9-11)17-18-14(19)12-6-2-3-7-13(12)15/h2-9H,1H3,(H,18,19). The van der Waals surface area contributed by atoms with Gasteiger partial charge >= 0.3 is 0 Å². The lowest BCUT2D eigenvalue weighted by Gasteiger charge is -2.03. The van der Waals surface area contributed by atoms with Gasteiger partial charge in [-0.3, -0.25) is 9.78 Å². The van der Waals surface area contributed by atoms with E-state index in [-0.39, 0.29) is 5.56 Å². The Morgan fingerprint density at radius 2 is 2.05 bits per heavy atom. The van der Waals surface area contributed by atoms with Crippen molar-refractivity contribution in [3.05, 3.63) is 65.7 Å². The van der Waals surface area contributed by atoms with Crippen molar-refractivity contribution < 1.29 is 9.18 Å². The Morgan fingerprint density at radius 3 is 2.74 bits per heavy atom. The van der Waals surface area contributed by atoms with Crippen molar-refractivity contribution in [2.75, 3.05) is 0 Å². The maximum Gasteiger partial charge on any atom is 0.274 e. The average Bonchev–Trinajstić information content (AvgIpc) is 2.46. The highest BCUT2D eigenvalue weighted by Crippen LogP contribution is 2.06. The van der Waals surface area contributed by atoms with Crippen LogP contribution in [0.5, 0.6) is 0 Å². The number of hydrogen-bond donors (Lipinski definition) is 1. The van der Waals surface area contributed by atoms with Crippen LogP contribution in [0.2, 0.25) is 0 Å². The van der Waals surface area contributed by atoms with Gasteiger partial charge in [-0.05, 0) is 25.1 Å². The zero-order valence-electron chi connectivity index (χ0n) is 10.3. The number of carbonyl (C=O) groups is 1. The number of rotatable bonds is 3. The van der Waals surface area contributed by atoms with Crippen LogP contribution in [-0.4, -0.2) is 16.6 Å². The van der Waals surface area contributed by atoms with Crippen LogP contribution < -0.4 is 5.43 Å². The Morgan fingerprint density at radius 1 is 1.26 bits per heavy atom. The van der Waals surface area contributed by atoms with Gasteiger partial charge in [0.05, 0.1) is 11.3 Å². The summed E-state index contributed by atoms with van der Waals surface area (Å²) in [6.45, 7) is 1.73. The first-order chi connectivity index (χ1) is 9.18. The molecular weight excluding hydrogens is 245 g/mol. The minimum atomic E-state index is -0.582. The quantitative estimate of drug-likeness (QED) is 0.678. The summed E-state index contributed by atoms with van der Waals surface area (Å²) < 4.78 is 13.4. The molecule has 0 saturated carbocycles. The van der Waals surface area contributed by atoms with Gasteiger partial charge in [-0.2, -0.15) is 5.10 Å². The monoisotopic (exact) mass is 257 g/mol. The second-order valence-electron chi connectivity index (χ2n) is 3.86. The number of nitrogens with zero attached hydrogens (tertiary/aromatic N) is 2. The number of carbonyl (C=O) groups excluding carboxylic acids is 1. The number of amides is 1. The molecule has 2 rings (SSSR count). The molecule has 0 spiro atoms. The van der Waals surface area contributed by atoms with E-state index in [9.17, 15) is 9.18 Å². The maximum absolute atomic E-state index is 13.4. The molecule has 5 heteroatoms. The van der Waals surface area contributed by atoms with E-state index in [1.54, 1.807) is 31.5 Å². The molecule has 96 valence electrons. The van der Waals surface area contributed by atoms with Crippen LogP contribution in [0.15, 0.2) is 53.9 Å². The smallest absolute Gasteiger partial charge is 0.267 e. The largest absolute Gasteiger partial charge is 0.274 e. The summed E-state index contributed by atoms with van der Waals surface area (Å²) in [5, 5.41) is 3.92. The molecule has 1 heterocycles. The molecule has 1 amide bonds. The van der Waals surface area contributed by atoms with Gasteiger partial charge in [-0.1, -0.05) is 18.2 Å². The molecule has 0 aliphatic carbocycles. The second kappa shape index (κ2) is 5.86. The van der Waals surface area contributed by atoms with E-state index in [0.717, 1.165) is 5.56 Å². The Kier molecular flexibility index (Phi) is 3.97. The number of hydrazone groups is 1. The van der Waals surface area contributed by atoms with Gasteiger partial charge in [0.25, 0.3) is 5.91 Å².